The zero-order valence-electron chi connectivity index (χ0n) is 9.40. The van der Waals surface area contributed by atoms with Crippen LogP contribution < -0.4 is 4.74 Å². The van der Waals surface area contributed by atoms with Crippen LogP contribution in [0.15, 0.2) is 24.3 Å². The fraction of sp³-hybridized carbons (Fsp3) is 0.500. The van der Waals surface area contributed by atoms with Crippen molar-refractivity contribution in [3.05, 3.63) is 29.8 Å². The molecule has 0 aromatic heterocycles. The molecule has 0 aliphatic carbocycles. The van der Waals surface area contributed by atoms with Gasteiger partial charge in [-0.15, -0.1) is 0 Å². The SMILES string of the molecule is CCCCC(OP)Oc1ccccc1C. The molecule has 84 valence electrons. The summed E-state index contributed by atoms with van der Waals surface area (Å²) in [7, 11) is 2.28. The Balaban J connectivity index is 2.54. The minimum atomic E-state index is -0.156. The second-order valence-corrected chi connectivity index (χ2v) is 3.86. The molecule has 0 amide bonds. The van der Waals surface area contributed by atoms with E-state index in [4.69, 9.17) is 9.26 Å². The third kappa shape index (κ3) is 4.19. The van der Waals surface area contributed by atoms with E-state index < -0.39 is 0 Å². The van der Waals surface area contributed by atoms with Gasteiger partial charge in [0.05, 0.1) is 0 Å². The Hall–Kier alpha value is -0.590. The van der Waals surface area contributed by atoms with Crippen molar-refractivity contribution in [3.8, 4) is 5.75 Å². The summed E-state index contributed by atoms with van der Waals surface area (Å²) in [5.74, 6) is 0.904. The molecular weight excluding hydrogens is 207 g/mol. The van der Waals surface area contributed by atoms with Gasteiger partial charge in [-0.2, -0.15) is 0 Å². The molecule has 0 bridgehead atoms. The maximum atomic E-state index is 5.75. The number of para-hydroxylation sites is 1. The van der Waals surface area contributed by atoms with Gasteiger partial charge in [-0.1, -0.05) is 31.5 Å². The van der Waals surface area contributed by atoms with E-state index >= 15 is 0 Å². The van der Waals surface area contributed by atoms with E-state index in [-0.39, 0.29) is 6.29 Å². The quantitative estimate of drug-likeness (QED) is 0.544. The lowest BCUT2D eigenvalue weighted by molar-refractivity contribution is 0.0126. The Morgan fingerprint density at radius 1 is 1.33 bits per heavy atom. The highest BCUT2D eigenvalue weighted by Gasteiger charge is 2.09. The first-order chi connectivity index (χ1) is 7.27. The number of hydrogen-bond acceptors (Lipinski definition) is 2. The summed E-state index contributed by atoms with van der Waals surface area (Å²) in [6.45, 7) is 4.20. The fourth-order valence-corrected chi connectivity index (χ4v) is 1.55. The van der Waals surface area contributed by atoms with Gasteiger partial charge in [0.15, 0.2) is 0 Å². The molecule has 2 atom stereocenters. The number of ether oxygens (including phenoxy) is 1. The highest BCUT2D eigenvalue weighted by Crippen LogP contribution is 2.20. The topological polar surface area (TPSA) is 18.5 Å². The van der Waals surface area contributed by atoms with Gasteiger partial charge in [0.1, 0.15) is 5.75 Å². The first-order valence-corrected chi connectivity index (χ1v) is 5.83. The first kappa shape index (κ1) is 12.5. The molecule has 2 unspecified atom stereocenters. The molecule has 2 nitrogen and oxygen atoms in total. The molecule has 1 aromatic rings. The van der Waals surface area contributed by atoms with Crippen molar-refractivity contribution in [2.45, 2.75) is 39.4 Å². The van der Waals surface area contributed by atoms with Gasteiger partial charge >= 0.3 is 0 Å². The maximum Gasteiger partial charge on any atom is 0.202 e. The van der Waals surface area contributed by atoms with Crippen LogP contribution in [0.3, 0.4) is 0 Å². The van der Waals surface area contributed by atoms with Crippen LogP contribution in [-0.4, -0.2) is 6.29 Å². The van der Waals surface area contributed by atoms with E-state index in [0.717, 1.165) is 30.6 Å². The van der Waals surface area contributed by atoms with Crippen molar-refractivity contribution < 1.29 is 9.26 Å². The maximum absolute atomic E-state index is 5.75. The highest BCUT2D eigenvalue weighted by molar-refractivity contribution is 7.09. The van der Waals surface area contributed by atoms with Gasteiger partial charge in [-0.05, 0) is 25.0 Å². The molecule has 0 radical (unpaired) electrons. The minimum Gasteiger partial charge on any atom is -0.464 e. The van der Waals surface area contributed by atoms with Crippen LogP contribution in [0.1, 0.15) is 31.7 Å². The third-order valence-corrected chi connectivity index (χ3v) is 2.60. The van der Waals surface area contributed by atoms with Gasteiger partial charge in [-0.3, -0.25) is 0 Å². The van der Waals surface area contributed by atoms with Crippen LogP contribution in [0.25, 0.3) is 0 Å². The van der Waals surface area contributed by atoms with E-state index in [1.54, 1.807) is 0 Å². The zero-order chi connectivity index (χ0) is 11.1. The van der Waals surface area contributed by atoms with Crippen LogP contribution in [0.2, 0.25) is 0 Å². The smallest absolute Gasteiger partial charge is 0.202 e. The van der Waals surface area contributed by atoms with E-state index in [9.17, 15) is 0 Å². The second-order valence-electron chi connectivity index (χ2n) is 3.59. The molecule has 0 N–H and O–H groups in total. The average molecular weight is 226 g/mol. The zero-order valence-corrected chi connectivity index (χ0v) is 10.6. The van der Waals surface area contributed by atoms with Crippen molar-refractivity contribution in [3.63, 3.8) is 0 Å². The molecule has 1 aromatic carbocycles. The third-order valence-electron chi connectivity index (χ3n) is 2.30. The Morgan fingerprint density at radius 3 is 2.67 bits per heavy atom. The van der Waals surface area contributed by atoms with Crippen LogP contribution >= 0.6 is 9.47 Å². The summed E-state index contributed by atoms with van der Waals surface area (Å²) in [6, 6.07) is 7.99. The monoisotopic (exact) mass is 226 g/mol. The van der Waals surface area contributed by atoms with Crippen molar-refractivity contribution in [1.82, 2.24) is 0 Å². The number of benzene rings is 1. The molecule has 0 aliphatic rings. The molecular formula is C12H19O2P. The van der Waals surface area contributed by atoms with Crippen LogP contribution in [-0.2, 0) is 4.52 Å². The Bertz CT molecular complexity index is 289. The van der Waals surface area contributed by atoms with Crippen molar-refractivity contribution in [2.75, 3.05) is 0 Å². The Kier molecular flexibility index (Phi) is 5.67. The lowest BCUT2D eigenvalue weighted by Gasteiger charge is -2.18. The van der Waals surface area contributed by atoms with Crippen molar-refractivity contribution >= 4 is 9.47 Å². The second kappa shape index (κ2) is 6.81. The Morgan fingerprint density at radius 2 is 2.07 bits per heavy atom. The summed E-state index contributed by atoms with van der Waals surface area (Å²) in [5, 5.41) is 0. The van der Waals surface area contributed by atoms with Gasteiger partial charge < -0.3 is 9.26 Å². The molecule has 0 saturated carbocycles. The van der Waals surface area contributed by atoms with Gasteiger partial charge in [0.25, 0.3) is 0 Å². The predicted molar refractivity (Wildman–Crippen MR) is 65.9 cm³/mol. The largest absolute Gasteiger partial charge is 0.464 e. The van der Waals surface area contributed by atoms with Gasteiger partial charge in [-0.25, -0.2) is 0 Å². The summed E-state index contributed by atoms with van der Waals surface area (Å²) < 4.78 is 11.0. The molecule has 1 rings (SSSR count). The summed E-state index contributed by atoms with van der Waals surface area (Å²) in [4.78, 5) is 0. The van der Waals surface area contributed by atoms with Crippen molar-refractivity contribution in [1.29, 1.82) is 0 Å². The average Bonchev–Trinajstić information content (AvgIpc) is 2.26. The molecule has 15 heavy (non-hydrogen) atoms. The van der Waals surface area contributed by atoms with Gasteiger partial charge in [0.2, 0.25) is 6.29 Å². The standard InChI is InChI=1S/C12H19O2P/c1-3-4-9-12(14-15)13-11-8-6-5-7-10(11)2/h5-8,12H,3-4,9,15H2,1-2H3. The van der Waals surface area contributed by atoms with Crippen molar-refractivity contribution in [2.24, 2.45) is 0 Å². The van der Waals surface area contributed by atoms with E-state index in [1.165, 1.54) is 0 Å². The lowest BCUT2D eigenvalue weighted by Crippen LogP contribution is -2.16. The number of aryl methyl sites for hydroxylation is 1. The molecule has 3 heteroatoms. The summed E-state index contributed by atoms with van der Waals surface area (Å²) in [6.07, 6.45) is 3.04. The minimum absolute atomic E-state index is 0.156. The molecule has 0 spiro atoms. The molecule has 0 saturated heterocycles. The molecule has 0 aliphatic heterocycles. The number of hydrogen-bond donors (Lipinski definition) is 0. The fourth-order valence-electron chi connectivity index (χ4n) is 1.36. The normalized spacial score (nSPS) is 12.5. The summed E-state index contributed by atoms with van der Waals surface area (Å²) in [5.41, 5.74) is 1.14. The van der Waals surface area contributed by atoms with Crippen LogP contribution in [0, 0.1) is 6.92 Å². The first-order valence-electron chi connectivity index (χ1n) is 5.35. The Labute approximate surface area is 94.3 Å². The molecule has 0 fully saturated rings. The van der Waals surface area contributed by atoms with Crippen LogP contribution in [0.4, 0.5) is 0 Å². The summed E-state index contributed by atoms with van der Waals surface area (Å²) >= 11 is 0. The highest BCUT2D eigenvalue weighted by atomic mass is 31.0. The van der Waals surface area contributed by atoms with Crippen LogP contribution in [0.5, 0.6) is 5.75 Å². The number of unbranched alkanes of at least 4 members (excludes halogenated alkanes) is 1. The van der Waals surface area contributed by atoms with Gasteiger partial charge in [0, 0.05) is 15.9 Å². The van der Waals surface area contributed by atoms with E-state index in [0.29, 0.717) is 0 Å². The van der Waals surface area contributed by atoms with E-state index in [2.05, 4.69) is 16.4 Å². The number of rotatable bonds is 6. The predicted octanol–water partition coefficient (Wildman–Crippen LogP) is 3.70. The lowest BCUT2D eigenvalue weighted by atomic mass is 10.2. The molecule has 0 heterocycles. The van der Waals surface area contributed by atoms with E-state index in [1.807, 2.05) is 31.2 Å².